The van der Waals surface area contributed by atoms with Gasteiger partial charge in [-0.05, 0) is 41.7 Å². The summed E-state index contributed by atoms with van der Waals surface area (Å²) in [6, 6.07) is 0.411. The molecule has 0 spiro atoms. The molecule has 0 saturated carbocycles. The molecule has 0 saturated heterocycles. The van der Waals surface area contributed by atoms with Gasteiger partial charge in [0.15, 0.2) is 0 Å². The van der Waals surface area contributed by atoms with Gasteiger partial charge in [0.1, 0.15) is 4.75 Å². The number of hydrogen-bond donors (Lipinski definition) is 0. The third-order valence-corrected chi connectivity index (χ3v) is 3.20. The maximum absolute atomic E-state index is 11.6. The average Bonchev–Trinajstić information content (AvgIpc) is 2.03. The molecule has 0 atom stereocenters. The highest BCUT2D eigenvalue weighted by Gasteiger charge is 2.32. The van der Waals surface area contributed by atoms with Gasteiger partial charge >= 0.3 is 5.97 Å². The zero-order chi connectivity index (χ0) is 11.4. The first kappa shape index (κ1) is 13.8. The van der Waals surface area contributed by atoms with E-state index in [4.69, 9.17) is 4.74 Å². The van der Waals surface area contributed by atoms with Crippen LogP contribution in [0.2, 0.25) is 0 Å². The molecule has 0 aliphatic carbocycles. The van der Waals surface area contributed by atoms with E-state index >= 15 is 0 Å². The minimum Gasteiger partial charge on any atom is -0.465 e. The molecule has 14 heavy (non-hydrogen) atoms. The Morgan fingerprint density at radius 2 is 2.00 bits per heavy atom. The predicted molar refractivity (Wildman–Crippen MR) is 61.2 cm³/mol. The molecular formula is C10H21NO2S. The first-order valence-corrected chi connectivity index (χ1v) is 5.67. The van der Waals surface area contributed by atoms with Crippen LogP contribution in [-0.4, -0.2) is 34.7 Å². The van der Waals surface area contributed by atoms with Crippen LogP contribution in [0, 0.1) is 0 Å². The molecule has 0 unspecified atom stereocenters. The van der Waals surface area contributed by atoms with E-state index in [1.807, 2.05) is 27.8 Å². The molecule has 84 valence electrons. The fraction of sp³-hybridized carbons (Fsp3) is 0.900. The Kier molecular flexibility index (Phi) is 5.52. The zero-order valence-corrected chi connectivity index (χ0v) is 10.8. The Morgan fingerprint density at radius 3 is 2.36 bits per heavy atom. The van der Waals surface area contributed by atoms with Crippen molar-refractivity contribution >= 4 is 17.9 Å². The summed E-state index contributed by atoms with van der Waals surface area (Å²) in [5.74, 6) is -0.155. The van der Waals surface area contributed by atoms with E-state index in [-0.39, 0.29) is 5.97 Å². The maximum atomic E-state index is 11.6. The molecule has 0 radical (unpaired) electrons. The molecule has 0 heterocycles. The highest BCUT2D eigenvalue weighted by Crippen LogP contribution is 2.29. The second-order valence-corrected chi connectivity index (χ2v) is 5.74. The Labute approximate surface area is 91.3 Å². The Hall–Kier alpha value is -0.220. The van der Waals surface area contributed by atoms with Gasteiger partial charge in [-0.15, -0.1) is 0 Å². The molecule has 0 aliphatic heterocycles. The SMILES string of the molecule is CCOC(=O)C(C)(C)SN(C)C(C)C. The smallest absolute Gasteiger partial charge is 0.322 e. The monoisotopic (exact) mass is 219 g/mol. The van der Waals surface area contributed by atoms with Crippen molar-refractivity contribution in [3.8, 4) is 0 Å². The summed E-state index contributed by atoms with van der Waals surface area (Å²) in [5, 5.41) is 0. The largest absolute Gasteiger partial charge is 0.465 e. The van der Waals surface area contributed by atoms with E-state index in [9.17, 15) is 4.79 Å². The first-order valence-electron chi connectivity index (χ1n) is 4.90. The summed E-state index contributed by atoms with van der Waals surface area (Å²) in [6.45, 7) is 10.2. The van der Waals surface area contributed by atoms with E-state index in [0.29, 0.717) is 12.6 Å². The van der Waals surface area contributed by atoms with E-state index in [1.54, 1.807) is 0 Å². The van der Waals surface area contributed by atoms with Crippen LogP contribution >= 0.6 is 11.9 Å². The lowest BCUT2D eigenvalue weighted by atomic mass is 10.2. The molecule has 3 nitrogen and oxygen atoms in total. The minimum absolute atomic E-state index is 0.155. The summed E-state index contributed by atoms with van der Waals surface area (Å²) in [4.78, 5) is 11.6. The number of carbonyl (C=O) groups excluding carboxylic acids is 1. The van der Waals surface area contributed by atoms with Crippen molar-refractivity contribution < 1.29 is 9.53 Å². The molecule has 0 rings (SSSR count). The summed E-state index contributed by atoms with van der Waals surface area (Å²) in [5.41, 5.74) is 0. The van der Waals surface area contributed by atoms with Crippen LogP contribution < -0.4 is 0 Å². The third-order valence-electron chi connectivity index (χ3n) is 1.87. The Bertz CT molecular complexity index is 193. The first-order chi connectivity index (χ1) is 6.31. The van der Waals surface area contributed by atoms with Crippen LogP contribution in [0.3, 0.4) is 0 Å². The van der Waals surface area contributed by atoms with Gasteiger partial charge in [0.25, 0.3) is 0 Å². The van der Waals surface area contributed by atoms with Crippen molar-refractivity contribution in [1.82, 2.24) is 4.31 Å². The zero-order valence-electron chi connectivity index (χ0n) is 9.96. The number of nitrogens with zero attached hydrogens (tertiary/aromatic N) is 1. The molecule has 0 aromatic heterocycles. The molecule has 0 aliphatic rings. The van der Waals surface area contributed by atoms with E-state index < -0.39 is 4.75 Å². The molecule has 0 aromatic rings. The van der Waals surface area contributed by atoms with Gasteiger partial charge < -0.3 is 4.74 Å². The summed E-state index contributed by atoms with van der Waals surface area (Å²) in [7, 11) is 1.98. The van der Waals surface area contributed by atoms with E-state index in [0.717, 1.165) is 0 Å². The lowest BCUT2D eigenvalue weighted by Gasteiger charge is -2.29. The van der Waals surface area contributed by atoms with Crippen molar-refractivity contribution in [3.63, 3.8) is 0 Å². The second-order valence-electron chi connectivity index (χ2n) is 3.96. The molecular weight excluding hydrogens is 198 g/mol. The van der Waals surface area contributed by atoms with Crippen LogP contribution in [0.1, 0.15) is 34.6 Å². The molecule has 0 N–H and O–H groups in total. The molecule has 0 fully saturated rings. The van der Waals surface area contributed by atoms with Gasteiger partial charge in [-0.3, -0.25) is 9.10 Å². The Balaban J connectivity index is 4.25. The van der Waals surface area contributed by atoms with Gasteiger partial charge in [0.2, 0.25) is 0 Å². The van der Waals surface area contributed by atoms with Gasteiger partial charge in [-0.25, -0.2) is 0 Å². The maximum Gasteiger partial charge on any atom is 0.322 e. The second kappa shape index (κ2) is 5.61. The van der Waals surface area contributed by atoms with Gasteiger partial charge in [-0.2, -0.15) is 0 Å². The van der Waals surface area contributed by atoms with E-state index in [1.165, 1.54) is 11.9 Å². The molecule has 4 heteroatoms. The highest BCUT2D eigenvalue weighted by atomic mass is 32.2. The number of rotatable bonds is 5. The summed E-state index contributed by atoms with van der Waals surface area (Å²) >= 11 is 1.52. The highest BCUT2D eigenvalue weighted by molar-refractivity contribution is 7.99. The molecule has 0 aromatic carbocycles. The molecule has 0 bridgehead atoms. The Morgan fingerprint density at radius 1 is 1.50 bits per heavy atom. The molecule has 0 amide bonds. The number of ether oxygens (including phenoxy) is 1. The predicted octanol–water partition coefficient (Wildman–Crippen LogP) is 2.32. The lowest BCUT2D eigenvalue weighted by molar-refractivity contribution is -0.145. The summed E-state index contributed by atoms with van der Waals surface area (Å²) in [6.07, 6.45) is 0. The van der Waals surface area contributed by atoms with Crippen molar-refractivity contribution in [1.29, 1.82) is 0 Å². The minimum atomic E-state index is -0.505. The normalized spacial score (nSPS) is 12.3. The van der Waals surface area contributed by atoms with Crippen molar-refractivity contribution in [2.45, 2.75) is 45.4 Å². The van der Waals surface area contributed by atoms with Crippen LogP contribution in [-0.2, 0) is 9.53 Å². The van der Waals surface area contributed by atoms with Crippen molar-refractivity contribution in [3.05, 3.63) is 0 Å². The van der Waals surface area contributed by atoms with Crippen molar-refractivity contribution in [2.75, 3.05) is 13.7 Å². The number of hydrogen-bond acceptors (Lipinski definition) is 4. The van der Waals surface area contributed by atoms with Gasteiger partial charge in [0, 0.05) is 6.04 Å². The van der Waals surface area contributed by atoms with Crippen LogP contribution in [0.15, 0.2) is 0 Å². The van der Waals surface area contributed by atoms with Gasteiger partial charge in [0.05, 0.1) is 6.61 Å². The van der Waals surface area contributed by atoms with E-state index in [2.05, 4.69) is 18.2 Å². The average molecular weight is 219 g/mol. The van der Waals surface area contributed by atoms with Crippen LogP contribution in [0.25, 0.3) is 0 Å². The standard InChI is InChI=1S/C10H21NO2S/c1-7-13-9(12)10(4,5)14-11(6)8(2)3/h8H,7H2,1-6H3. The number of carbonyl (C=O) groups is 1. The van der Waals surface area contributed by atoms with Gasteiger partial charge in [-0.1, -0.05) is 11.9 Å². The fourth-order valence-electron chi connectivity index (χ4n) is 0.808. The number of esters is 1. The summed E-state index contributed by atoms with van der Waals surface area (Å²) < 4.78 is 6.56. The topological polar surface area (TPSA) is 29.5 Å². The van der Waals surface area contributed by atoms with Crippen LogP contribution in [0.4, 0.5) is 0 Å². The van der Waals surface area contributed by atoms with Crippen molar-refractivity contribution in [2.24, 2.45) is 0 Å². The fourth-order valence-corrected chi connectivity index (χ4v) is 1.87. The van der Waals surface area contributed by atoms with Crippen LogP contribution in [0.5, 0.6) is 0 Å². The third kappa shape index (κ3) is 4.33. The quantitative estimate of drug-likeness (QED) is 0.524. The lowest BCUT2D eigenvalue weighted by Crippen LogP contribution is -2.35.